The lowest BCUT2D eigenvalue weighted by molar-refractivity contribution is 0.617. The van der Waals surface area contributed by atoms with E-state index in [1.807, 2.05) is 0 Å². The molecule has 0 N–H and O–H groups in total. The van der Waals surface area contributed by atoms with E-state index in [0.29, 0.717) is 0 Å². The Balaban J connectivity index is 2.18. The van der Waals surface area contributed by atoms with Crippen LogP contribution in [-0.2, 0) is 19.4 Å². The predicted octanol–water partition coefficient (Wildman–Crippen LogP) is 5.22. The standard InChI is InChI=1S/C19H25BrN4/c1-5-8-11-23-17(7-3)21-19-18(23)13(4)24(22-19)16-10-9-15(20)12-14(16)6-2/h9-10,12H,5-8,11H2,1-4H3. The number of aryl methyl sites for hydroxylation is 4. The van der Waals surface area contributed by atoms with E-state index in [2.05, 4.69) is 71.1 Å². The van der Waals surface area contributed by atoms with Crippen molar-refractivity contribution in [3.63, 3.8) is 0 Å². The van der Waals surface area contributed by atoms with E-state index in [4.69, 9.17) is 10.1 Å². The summed E-state index contributed by atoms with van der Waals surface area (Å²) < 4.78 is 5.53. The van der Waals surface area contributed by atoms with Crippen LogP contribution in [-0.4, -0.2) is 19.3 Å². The van der Waals surface area contributed by atoms with Crippen LogP contribution in [0.2, 0.25) is 0 Å². The summed E-state index contributed by atoms with van der Waals surface area (Å²) in [6.07, 6.45) is 4.27. The van der Waals surface area contributed by atoms with Crippen LogP contribution < -0.4 is 0 Å². The van der Waals surface area contributed by atoms with Crippen LogP contribution in [0.25, 0.3) is 16.9 Å². The third-order valence-corrected chi connectivity index (χ3v) is 5.08. The monoisotopic (exact) mass is 388 g/mol. The van der Waals surface area contributed by atoms with Crippen LogP contribution in [0.4, 0.5) is 0 Å². The molecule has 2 aromatic heterocycles. The Hall–Kier alpha value is -1.62. The molecule has 0 unspecified atom stereocenters. The van der Waals surface area contributed by atoms with Crippen molar-refractivity contribution in [2.45, 2.75) is 59.9 Å². The Labute approximate surface area is 152 Å². The second kappa shape index (κ2) is 7.09. The molecule has 0 saturated carbocycles. The summed E-state index contributed by atoms with van der Waals surface area (Å²) >= 11 is 3.57. The molecule has 1 aromatic carbocycles. The molecule has 3 aromatic rings. The molecular weight excluding hydrogens is 364 g/mol. The van der Waals surface area contributed by atoms with Crippen molar-refractivity contribution in [3.8, 4) is 5.69 Å². The van der Waals surface area contributed by atoms with Crippen molar-refractivity contribution in [2.24, 2.45) is 0 Å². The molecule has 5 heteroatoms. The van der Waals surface area contributed by atoms with Gasteiger partial charge >= 0.3 is 0 Å². The molecule has 0 spiro atoms. The van der Waals surface area contributed by atoms with Gasteiger partial charge in [-0.3, -0.25) is 0 Å². The zero-order chi connectivity index (χ0) is 17.3. The number of hydrogen-bond acceptors (Lipinski definition) is 2. The highest BCUT2D eigenvalue weighted by atomic mass is 79.9. The Morgan fingerprint density at radius 1 is 1.12 bits per heavy atom. The molecule has 2 heterocycles. The molecule has 0 aliphatic carbocycles. The molecule has 0 bridgehead atoms. The van der Waals surface area contributed by atoms with E-state index in [1.54, 1.807) is 0 Å². The van der Waals surface area contributed by atoms with Gasteiger partial charge in [-0.1, -0.05) is 43.1 Å². The number of fused-ring (bicyclic) bond motifs is 1. The summed E-state index contributed by atoms with van der Waals surface area (Å²) in [6, 6.07) is 6.40. The lowest BCUT2D eigenvalue weighted by atomic mass is 10.1. The topological polar surface area (TPSA) is 35.6 Å². The first kappa shape index (κ1) is 17.2. The summed E-state index contributed by atoms with van der Waals surface area (Å²) in [5.74, 6) is 1.14. The normalized spacial score (nSPS) is 11.5. The maximum absolute atomic E-state index is 4.83. The maximum Gasteiger partial charge on any atom is 0.200 e. The average molecular weight is 389 g/mol. The van der Waals surface area contributed by atoms with E-state index < -0.39 is 0 Å². The molecule has 0 aliphatic rings. The zero-order valence-electron chi connectivity index (χ0n) is 14.9. The first-order chi connectivity index (χ1) is 11.6. The summed E-state index contributed by atoms with van der Waals surface area (Å²) in [7, 11) is 0. The van der Waals surface area contributed by atoms with Gasteiger partial charge in [0.25, 0.3) is 0 Å². The van der Waals surface area contributed by atoms with Gasteiger partial charge in [0.05, 0.1) is 11.4 Å². The number of nitrogens with zero attached hydrogens (tertiary/aromatic N) is 4. The third-order valence-electron chi connectivity index (χ3n) is 4.59. The van der Waals surface area contributed by atoms with Crippen LogP contribution in [0.1, 0.15) is 50.7 Å². The van der Waals surface area contributed by atoms with E-state index in [0.717, 1.165) is 41.0 Å². The van der Waals surface area contributed by atoms with Gasteiger partial charge in [-0.2, -0.15) is 0 Å². The number of halogens is 1. The summed E-state index contributed by atoms with van der Waals surface area (Å²) in [6.45, 7) is 9.74. The predicted molar refractivity (Wildman–Crippen MR) is 103 cm³/mol. The number of aromatic nitrogens is 4. The molecule has 24 heavy (non-hydrogen) atoms. The first-order valence-electron chi connectivity index (χ1n) is 8.84. The second-order valence-corrected chi connectivity index (χ2v) is 7.10. The minimum atomic E-state index is 0.866. The van der Waals surface area contributed by atoms with Gasteiger partial charge in [0, 0.05) is 17.4 Å². The first-order valence-corrected chi connectivity index (χ1v) is 9.63. The van der Waals surface area contributed by atoms with Gasteiger partial charge in [0.2, 0.25) is 0 Å². The molecule has 4 nitrogen and oxygen atoms in total. The van der Waals surface area contributed by atoms with Crippen LogP contribution in [0.15, 0.2) is 22.7 Å². The Kier molecular flexibility index (Phi) is 5.09. The number of rotatable bonds is 6. The van der Waals surface area contributed by atoms with Gasteiger partial charge in [0.15, 0.2) is 5.65 Å². The SMILES string of the molecule is CCCCn1c(CC)nc2nn(-c3ccc(Br)cc3CC)c(C)c21. The number of imidazole rings is 1. The summed E-state index contributed by atoms with van der Waals surface area (Å²) in [5, 5.41) is 4.83. The molecular formula is C19H25BrN4. The zero-order valence-corrected chi connectivity index (χ0v) is 16.5. The molecule has 0 fully saturated rings. The molecule has 0 saturated heterocycles. The van der Waals surface area contributed by atoms with Crippen LogP contribution in [0.3, 0.4) is 0 Å². The van der Waals surface area contributed by atoms with E-state index in [-0.39, 0.29) is 0 Å². The third kappa shape index (κ3) is 2.90. The van der Waals surface area contributed by atoms with Gasteiger partial charge < -0.3 is 4.57 Å². The minimum absolute atomic E-state index is 0.866. The molecule has 0 aliphatic heterocycles. The van der Waals surface area contributed by atoms with Crippen molar-refractivity contribution in [1.29, 1.82) is 0 Å². The van der Waals surface area contributed by atoms with Crippen LogP contribution in [0, 0.1) is 6.92 Å². The minimum Gasteiger partial charge on any atom is -0.325 e. The summed E-state index contributed by atoms with van der Waals surface area (Å²) in [5.41, 5.74) is 5.66. The highest BCUT2D eigenvalue weighted by Gasteiger charge is 2.19. The number of unbranched alkanes of at least 4 members (excludes halogenated alkanes) is 1. The lowest BCUT2D eigenvalue weighted by Gasteiger charge is -2.12. The van der Waals surface area contributed by atoms with Gasteiger partial charge in [-0.05, 0) is 43.5 Å². The Morgan fingerprint density at radius 3 is 2.58 bits per heavy atom. The van der Waals surface area contributed by atoms with Crippen LogP contribution in [0.5, 0.6) is 0 Å². The van der Waals surface area contributed by atoms with Gasteiger partial charge in [-0.15, -0.1) is 5.10 Å². The molecule has 0 amide bonds. The fraction of sp³-hybridized carbons (Fsp3) is 0.474. The molecule has 128 valence electrons. The number of hydrogen-bond donors (Lipinski definition) is 0. The van der Waals surface area contributed by atoms with Crippen molar-refractivity contribution in [3.05, 3.63) is 39.8 Å². The van der Waals surface area contributed by atoms with Crippen molar-refractivity contribution in [1.82, 2.24) is 19.3 Å². The highest BCUT2D eigenvalue weighted by Crippen LogP contribution is 2.27. The maximum atomic E-state index is 4.83. The Morgan fingerprint density at radius 2 is 1.92 bits per heavy atom. The van der Waals surface area contributed by atoms with E-state index in [9.17, 15) is 0 Å². The van der Waals surface area contributed by atoms with Crippen molar-refractivity contribution >= 4 is 27.1 Å². The number of benzene rings is 1. The van der Waals surface area contributed by atoms with E-state index in [1.165, 1.54) is 29.6 Å². The second-order valence-electron chi connectivity index (χ2n) is 6.18. The van der Waals surface area contributed by atoms with Crippen molar-refractivity contribution < 1.29 is 0 Å². The molecule has 3 rings (SSSR count). The highest BCUT2D eigenvalue weighted by molar-refractivity contribution is 9.10. The van der Waals surface area contributed by atoms with Gasteiger partial charge in [-0.25, -0.2) is 9.67 Å². The molecule has 0 atom stereocenters. The summed E-state index contributed by atoms with van der Waals surface area (Å²) in [4.78, 5) is 4.79. The fourth-order valence-corrected chi connectivity index (χ4v) is 3.70. The van der Waals surface area contributed by atoms with E-state index >= 15 is 0 Å². The average Bonchev–Trinajstić information content (AvgIpc) is 3.09. The largest absolute Gasteiger partial charge is 0.325 e. The van der Waals surface area contributed by atoms with Crippen LogP contribution >= 0.6 is 15.9 Å². The molecule has 0 radical (unpaired) electrons. The lowest BCUT2D eigenvalue weighted by Crippen LogP contribution is -2.07. The smallest absolute Gasteiger partial charge is 0.200 e. The van der Waals surface area contributed by atoms with Crippen molar-refractivity contribution in [2.75, 3.05) is 0 Å². The van der Waals surface area contributed by atoms with Gasteiger partial charge in [0.1, 0.15) is 11.3 Å². The quantitative estimate of drug-likeness (QED) is 0.580. The Bertz CT molecular complexity index is 860. The fourth-order valence-electron chi connectivity index (χ4n) is 3.29.